The standard InChI is InChI=1S/C10H9F3O3/c1-5-7(9(14)15)3-6(10(11,12)13)4-8(5)16-2/h3-4H,1-2H3,(H,14,15). The minimum atomic E-state index is -4.59. The van der Waals surface area contributed by atoms with Gasteiger partial charge in [-0.05, 0) is 19.1 Å². The molecule has 0 saturated carbocycles. The average molecular weight is 234 g/mol. The first-order valence-electron chi connectivity index (χ1n) is 4.26. The second kappa shape index (κ2) is 4.03. The maximum Gasteiger partial charge on any atom is 0.416 e. The first-order valence-corrected chi connectivity index (χ1v) is 4.26. The van der Waals surface area contributed by atoms with Crippen LogP contribution in [0.5, 0.6) is 5.75 Å². The molecule has 1 aromatic carbocycles. The Morgan fingerprint density at radius 1 is 1.38 bits per heavy atom. The van der Waals surface area contributed by atoms with Crippen LogP contribution in [-0.4, -0.2) is 18.2 Å². The molecule has 0 heterocycles. The number of hydrogen-bond donors (Lipinski definition) is 1. The van der Waals surface area contributed by atoms with Crippen LogP contribution in [0.1, 0.15) is 21.5 Å². The number of halogens is 3. The van der Waals surface area contributed by atoms with Crippen molar-refractivity contribution in [2.75, 3.05) is 7.11 Å². The first-order chi connectivity index (χ1) is 7.27. The number of carboxylic acid groups (broad SMARTS) is 1. The van der Waals surface area contributed by atoms with Crippen LogP contribution in [0.15, 0.2) is 12.1 Å². The van der Waals surface area contributed by atoms with Crippen molar-refractivity contribution in [3.63, 3.8) is 0 Å². The number of aromatic carboxylic acids is 1. The Labute approximate surface area is 89.5 Å². The molecule has 0 amide bonds. The van der Waals surface area contributed by atoms with Gasteiger partial charge in [-0.1, -0.05) is 0 Å². The topological polar surface area (TPSA) is 46.5 Å². The van der Waals surface area contributed by atoms with Crippen molar-refractivity contribution in [2.24, 2.45) is 0 Å². The van der Waals surface area contributed by atoms with Crippen LogP contribution >= 0.6 is 0 Å². The van der Waals surface area contributed by atoms with Crippen molar-refractivity contribution in [2.45, 2.75) is 13.1 Å². The lowest BCUT2D eigenvalue weighted by molar-refractivity contribution is -0.137. The summed E-state index contributed by atoms with van der Waals surface area (Å²) in [5, 5.41) is 8.75. The van der Waals surface area contributed by atoms with Crippen LogP contribution in [0.3, 0.4) is 0 Å². The van der Waals surface area contributed by atoms with Gasteiger partial charge in [0, 0.05) is 5.56 Å². The minimum absolute atomic E-state index is 0.0905. The fraction of sp³-hybridized carbons (Fsp3) is 0.300. The molecule has 1 aromatic rings. The molecule has 0 aromatic heterocycles. The molecule has 0 fully saturated rings. The highest BCUT2D eigenvalue weighted by Gasteiger charge is 2.32. The van der Waals surface area contributed by atoms with Crippen LogP contribution in [0.2, 0.25) is 0 Å². The largest absolute Gasteiger partial charge is 0.496 e. The van der Waals surface area contributed by atoms with Gasteiger partial charge in [-0.25, -0.2) is 4.79 Å². The third-order valence-electron chi connectivity index (χ3n) is 2.14. The molecular formula is C10H9F3O3. The Morgan fingerprint density at radius 2 is 1.94 bits per heavy atom. The van der Waals surface area contributed by atoms with E-state index in [9.17, 15) is 18.0 Å². The van der Waals surface area contributed by atoms with Crippen molar-refractivity contribution < 1.29 is 27.8 Å². The summed E-state index contributed by atoms with van der Waals surface area (Å²) in [6, 6.07) is 1.38. The quantitative estimate of drug-likeness (QED) is 0.855. The molecule has 16 heavy (non-hydrogen) atoms. The number of ether oxygens (including phenoxy) is 1. The fourth-order valence-electron chi connectivity index (χ4n) is 1.29. The van der Waals surface area contributed by atoms with E-state index in [0.717, 1.165) is 6.07 Å². The molecule has 0 atom stereocenters. The lowest BCUT2D eigenvalue weighted by atomic mass is 10.0. The summed E-state index contributed by atoms with van der Waals surface area (Å²) in [6.45, 7) is 1.39. The summed E-state index contributed by atoms with van der Waals surface area (Å²) in [4.78, 5) is 10.7. The molecule has 6 heteroatoms. The molecule has 1 rings (SSSR count). The van der Waals surface area contributed by atoms with E-state index in [4.69, 9.17) is 9.84 Å². The molecule has 0 aliphatic heterocycles. The van der Waals surface area contributed by atoms with Gasteiger partial charge >= 0.3 is 12.1 Å². The van der Waals surface area contributed by atoms with Gasteiger partial charge in [-0.15, -0.1) is 0 Å². The maximum atomic E-state index is 12.4. The predicted octanol–water partition coefficient (Wildman–Crippen LogP) is 2.72. The Balaban J connectivity index is 3.46. The van der Waals surface area contributed by atoms with E-state index in [2.05, 4.69) is 0 Å². The van der Waals surface area contributed by atoms with E-state index in [-0.39, 0.29) is 11.3 Å². The summed E-state index contributed by atoms with van der Waals surface area (Å²) in [6.07, 6.45) is -4.59. The van der Waals surface area contributed by atoms with E-state index < -0.39 is 23.3 Å². The van der Waals surface area contributed by atoms with Crippen molar-refractivity contribution in [1.29, 1.82) is 0 Å². The van der Waals surface area contributed by atoms with Gasteiger partial charge < -0.3 is 9.84 Å². The van der Waals surface area contributed by atoms with Gasteiger partial charge in [0.15, 0.2) is 0 Å². The lowest BCUT2D eigenvalue weighted by Crippen LogP contribution is -2.10. The highest BCUT2D eigenvalue weighted by molar-refractivity contribution is 5.90. The molecule has 0 aliphatic rings. The smallest absolute Gasteiger partial charge is 0.416 e. The van der Waals surface area contributed by atoms with Crippen LogP contribution in [0, 0.1) is 6.92 Å². The molecule has 0 spiro atoms. The summed E-state index contributed by atoms with van der Waals surface area (Å²) >= 11 is 0. The molecule has 0 aliphatic carbocycles. The van der Waals surface area contributed by atoms with E-state index >= 15 is 0 Å². The van der Waals surface area contributed by atoms with E-state index in [0.29, 0.717) is 6.07 Å². The molecular weight excluding hydrogens is 225 g/mol. The maximum absolute atomic E-state index is 12.4. The highest BCUT2D eigenvalue weighted by atomic mass is 19.4. The minimum Gasteiger partial charge on any atom is -0.496 e. The first kappa shape index (κ1) is 12.4. The van der Waals surface area contributed by atoms with Gasteiger partial charge in [0.25, 0.3) is 0 Å². The van der Waals surface area contributed by atoms with Gasteiger partial charge in [0.05, 0.1) is 18.2 Å². The molecule has 0 radical (unpaired) electrons. The molecule has 88 valence electrons. The summed E-state index contributed by atoms with van der Waals surface area (Å²) < 4.78 is 42.0. The third kappa shape index (κ3) is 2.26. The number of alkyl halides is 3. The molecule has 1 N–H and O–H groups in total. The normalized spacial score (nSPS) is 11.3. The van der Waals surface area contributed by atoms with E-state index in [1.165, 1.54) is 14.0 Å². The Morgan fingerprint density at radius 3 is 2.31 bits per heavy atom. The van der Waals surface area contributed by atoms with Gasteiger partial charge in [0.2, 0.25) is 0 Å². The molecule has 0 saturated heterocycles. The monoisotopic (exact) mass is 234 g/mol. The molecule has 0 bridgehead atoms. The van der Waals surface area contributed by atoms with E-state index in [1.54, 1.807) is 0 Å². The Hall–Kier alpha value is -1.72. The SMILES string of the molecule is COc1cc(C(F)(F)F)cc(C(=O)O)c1C. The van der Waals surface area contributed by atoms with Crippen LogP contribution in [0.25, 0.3) is 0 Å². The third-order valence-corrected chi connectivity index (χ3v) is 2.14. The number of rotatable bonds is 2. The number of carbonyl (C=O) groups is 1. The lowest BCUT2D eigenvalue weighted by Gasteiger charge is -2.13. The molecule has 3 nitrogen and oxygen atoms in total. The predicted molar refractivity (Wildman–Crippen MR) is 49.7 cm³/mol. The zero-order valence-electron chi connectivity index (χ0n) is 8.55. The van der Waals surface area contributed by atoms with Crippen molar-refractivity contribution >= 4 is 5.97 Å². The average Bonchev–Trinajstić information content (AvgIpc) is 2.15. The number of methoxy groups -OCH3 is 1. The van der Waals surface area contributed by atoms with E-state index in [1.807, 2.05) is 0 Å². The number of benzene rings is 1. The summed E-state index contributed by atoms with van der Waals surface area (Å²) in [5.74, 6) is -1.51. The second-order valence-corrected chi connectivity index (χ2v) is 3.15. The van der Waals surface area contributed by atoms with Gasteiger partial charge in [0.1, 0.15) is 5.75 Å². The summed E-state index contributed by atoms with van der Waals surface area (Å²) in [7, 11) is 1.19. The summed E-state index contributed by atoms with van der Waals surface area (Å²) in [5.41, 5.74) is -1.28. The van der Waals surface area contributed by atoms with Gasteiger partial charge in [-0.3, -0.25) is 0 Å². The second-order valence-electron chi connectivity index (χ2n) is 3.15. The number of carboxylic acids is 1. The Kier molecular flexibility index (Phi) is 3.11. The van der Waals surface area contributed by atoms with Crippen LogP contribution in [0.4, 0.5) is 13.2 Å². The van der Waals surface area contributed by atoms with Gasteiger partial charge in [-0.2, -0.15) is 13.2 Å². The highest BCUT2D eigenvalue weighted by Crippen LogP contribution is 2.34. The Bertz CT molecular complexity index is 424. The van der Waals surface area contributed by atoms with Crippen molar-refractivity contribution in [3.8, 4) is 5.75 Å². The van der Waals surface area contributed by atoms with Crippen LogP contribution in [-0.2, 0) is 6.18 Å². The zero-order valence-corrected chi connectivity index (χ0v) is 8.55. The van der Waals surface area contributed by atoms with Crippen molar-refractivity contribution in [3.05, 3.63) is 28.8 Å². The number of hydrogen-bond acceptors (Lipinski definition) is 2. The van der Waals surface area contributed by atoms with Crippen molar-refractivity contribution in [1.82, 2.24) is 0 Å². The molecule has 0 unspecified atom stereocenters. The fourth-order valence-corrected chi connectivity index (χ4v) is 1.29. The van der Waals surface area contributed by atoms with Crippen LogP contribution < -0.4 is 4.74 Å². The zero-order chi connectivity index (χ0) is 12.5.